The molecular weight excluding hydrogens is 232 g/mol. The lowest BCUT2D eigenvalue weighted by atomic mass is 10.1. The highest BCUT2D eigenvalue weighted by Crippen LogP contribution is 2.15. The van der Waals surface area contributed by atoms with Crippen molar-refractivity contribution in [3.8, 4) is 0 Å². The highest BCUT2D eigenvalue weighted by molar-refractivity contribution is 6.65. The zero-order valence-electron chi connectivity index (χ0n) is 11.8. The molecule has 0 saturated heterocycles. The first-order valence-electron chi connectivity index (χ1n) is 6.98. The van der Waals surface area contributed by atoms with Gasteiger partial charge in [0.25, 0.3) is 0 Å². The predicted octanol–water partition coefficient (Wildman–Crippen LogP) is 3.46. The van der Waals surface area contributed by atoms with Gasteiger partial charge in [-0.2, -0.15) is 0 Å². The van der Waals surface area contributed by atoms with Crippen LogP contribution in [0.2, 0.25) is 12.6 Å². The lowest BCUT2D eigenvalue weighted by Gasteiger charge is -2.24. The Morgan fingerprint density at radius 2 is 1.65 bits per heavy atom. The minimum Gasteiger partial charge on any atom is -0.398 e. The average molecular weight is 262 g/mol. The summed E-state index contributed by atoms with van der Waals surface area (Å²) in [4.78, 5) is 0. The second-order valence-corrected chi connectivity index (χ2v) is 8.25. The molecule has 0 aliphatic rings. The van der Waals surface area contributed by atoms with Gasteiger partial charge in [0.2, 0.25) is 0 Å². The zero-order chi connectivity index (χ0) is 13.0. The molecule has 0 bridgehead atoms. The predicted molar refractivity (Wildman–Crippen MR) is 74.5 cm³/mol. The fourth-order valence-electron chi connectivity index (χ4n) is 1.80. The number of hydrogen-bond acceptors (Lipinski definition) is 3. The van der Waals surface area contributed by atoms with E-state index in [1.54, 1.807) is 7.11 Å². The fourth-order valence-corrected chi connectivity index (χ4v) is 3.65. The molecule has 104 valence electrons. The summed E-state index contributed by atoms with van der Waals surface area (Å²) in [5.41, 5.74) is 0. The van der Waals surface area contributed by atoms with Gasteiger partial charge in [0.1, 0.15) is 0 Å². The molecule has 0 saturated carbocycles. The molecule has 0 aromatic rings. The number of aliphatic hydroxyl groups excluding tert-OH is 1. The van der Waals surface area contributed by atoms with E-state index < -0.39 is 8.56 Å². The Morgan fingerprint density at radius 3 is 2.24 bits per heavy atom. The first-order chi connectivity index (χ1) is 8.18. The minimum absolute atomic E-state index is 0.228. The lowest BCUT2D eigenvalue weighted by Crippen LogP contribution is -2.37. The van der Waals surface area contributed by atoms with Gasteiger partial charge in [-0.3, -0.25) is 0 Å². The second-order valence-electron chi connectivity index (χ2n) is 4.78. The first kappa shape index (κ1) is 17.1. The zero-order valence-corrected chi connectivity index (χ0v) is 12.8. The molecule has 17 heavy (non-hydrogen) atoms. The molecule has 0 aliphatic heterocycles. The maximum atomic E-state index is 8.83. The molecular formula is C13H30O3Si. The van der Waals surface area contributed by atoms with Gasteiger partial charge in [-0.25, -0.2) is 0 Å². The fraction of sp³-hybridized carbons (Fsp3) is 1.00. The third-order valence-electron chi connectivity index (χ3n) is 3.13. The molecule has 0 aromatic carbocycles. The summed E-state index contributed by atoms with van der Waals surface area (Å²) in [5.74, 6) is 0. The maximum Gasteiger partial charge on any atom is 0.334 e. The molecule has 0 amide bonds. The number of hydrogen-bond donors (Lipinski definition) is 1. The Hall–Kier alpha value is 0.0969. The van der Waals surface area contributed by atoms with Crippen LogP contribution in [0, 0.1) is 0 Å². The Morgan fingerprint density at radius 1 is 1.00 bits per heavy atom. The summed E-state index contributed by atoms with van der Waals surface area (Å²) in [6.45, 7) is 5.36. The molecule has 0 radical (unpaired) electrons. The van der Waals surface area contributed by atoms with Crippen LogP contribution in [0.3, 0.4) is 0 Å². The summed E-state index contributed by atoms with van der Waals surface area (Å²) >= 11 is 0. The standard InChI is InChI=1S/C13H30O3Si/c1-4-5-6-7-8-9-12-16-17(3,15-2)13-10-11-14/h14H,4-13H2,1-3H3. The number of rotatable bonds is 12. The van der Waals surface area contributed by atoms with Crippen molar-refractivity contribution in [2.75, 3.05) is 20.3 Å². The van der Waals surface area contributed by atoms with Crippen LogP contribution in [0.15, 0.2) is 0 Å². The smallest absolute Gasteiger partial charge is 0.334 e. The van der Waals surface area contributed by atoms with Crippen molar-refractivity contribution in [1.29, 1.82) is 0 Å². The Balaban J connectivity index is 3.48. The van der Waals surface area contributed by atoms with Crippen LogP contribution in [0.25, 0.3) is 0 Å². The van der Waals surface area contributed by atoms with Crippen LogP contribution >= 0.6 is 0 Å². The molecule has 0 spiro atoms. The number of unbranched alkanes of at least 4 members (excludes halogenated alkanes) is 5. The van der Waals surface area contributed by atoms with Crippen molar-refractivity contribution in [2.24, 2.45) is 0 Å². The molecule has 1 unspecified atom stereocenters. The summed E-state index contributed by atoms with van der Waals surface area (Å²) in [5, 5.41) is 8.83. The molecule has 0 heterocycles. The van der Waals surface area contributed by atoms with Gasteiger partial charge in [-0.15, -0.1) is 0 Å². The van der Waals surface area contributed by atoms with Gasteiger partial charge >= 0.3 is 8.56 Å². The molecule has 3 nitrogen and oxygen atoms in total. The van der Waals surface area contributed by atoms with Gasteiger partial charge in [0.05, 0.1) is 0 Å². The van der Waals surface area contributed by atoms with Gasteiger partial charge in [-0.05, 0) is 25.4 Å². The lowest BCUT2D eigenvalue weighted by molar-refractivity contribution is 0.194. The van der Waals surface area contributed by atoms with Crippen LogP contribution in [0.1, 0.15) is 51.9 Å². The molecule has 4 heteroatoms. The monoisotopic (exact) mass is 262 g/mol. The van der Waals surface area contributed by atoms with Crippen molar-refractivity contribution in [1.82, 2.24) is 0 Å². The van der Waals surface area contributed by atoms with E-state index >= 15 is 0 Å². The molecule has 1 atom stereocenters. The van der Waals surface area contributed by atoms with E-state index in [1.807, 2.05) is 0 Å². The van der Waals surface area contributed by atoms with E-state index in [-0.39, 0.29) is 6.61 Å². The second kappa shape index (κ2) is 11.2. The largest absolute Gasteiger partial charge is 0.398 e. The maximum absolute atomic E-state index is 8.83. The minimum atomic E-state index is -1.98. The summed E-state index contributed by atoms with van der Waals surface area (Å²) in [6.07, 6.45) is 8.49. The van der Waals surface area contributed by atoms with Crippen molar-refractivity contribution < 1.29 is 14.0 Å². The molecule has 0 rings (SSSR count). The van der Waals surface area contributed by atoms with Crippen LogP contribution in [0.4, 0.5) is 0 Å². The molecule has 0 aliphatic carbocycles. The van der Waals surface area contributed by atoms with Crippen LogP contribution < -0.4 is 0 Å². The molecule has 1 N–H and O–H groups in total. The van der Waals surface area contributed by atoms with E-state index in [0.717, 1.165) is 25.5 Å². The normalized spacial score (nSPS) is 14.8. The van der Waals surface area contributed by atoms with E-state index in [9.17, 15) is 0 Å². The summed E-state index contributed by atoms with van der Waals surface area (Å²) < 4.78 is 11.4. The third-order valence-corrected chi connectivity index (χ3v) is 6.07. The van der Waals surface area contributed by atoms with Gasteiger partial charge in [0.15, 0.2) is 0 Å². The SMILES string of the molecule is CCCCCCCCO[Si](C)(CCCO)OC. The van der Waals surface area contributed by atoms with Crippen LogP contribution in [-0.2, 0) is 8.85 Å². The first-order valence-corrected chi connectivity index (χ1v) is 9.51. The van der Waals surface area contributed by atoms with E-state index in [0.29, 0.717) is 0 Å². The van der Waals surface area contributed by atoms with E-state index in [1.165, 1.54) is 32.1 Å². The van der Waals surface area contributed by atoms with E-state index in [4.69, 9.17) is 14.0 Å². The van der Waals surface area contributed by atoms with E-state index in [2.05, 4.69) is 13.5 Å². The van der Waals surface area contributed by atoms with Crippen molar-refractivity contribution in [3.63, 3.8) is 0 Å². The summed E-state index contributed by atoms with van der Waals surface area (Å²) in [7, 11) is -0.253. The van der Waals surface area contributed by atoms with Crippen molar-refractivity contribution in [2.45, 2.75) is 64.5 Å². The number of aliphatic hydroxyl groups is 1. The van der Waals surface area contributed by atoms with Crippen molar-refractivity contribution >= 4 is 8.56 Å². The quantitative estimate of drug-likeness (QED) is 0.432. The Kier molecular flexibility index (Phi) is 11.3. The van der Waals surface area contributed by atoms with Crippen LogP contribution in [0.5, 0.6) is 0 Å². The highest BCUT2D eigenvalue weighted by Gasteiger charge is 2.28. The Bertz CT molecular complexity index is 167. The molecule has 0 aromatic heterocycles. The summed E-state index contributed by atoms with van der Waals surface area (Å²) in [6, 6.07) is 0.885. The van der Waals surface area contributed by atoms with Gasteiger partial charge in [0, 0.05) is 20.3 Å². The van der Waals surface area contributed by atoms with Gasteiger partial charge < -0.3 is 14.0 Å². The topological polar surface area (TPSA) is 38.7 Å². The van der Waals surface area contributed by atoms with Gasteiger partial charge in [-0.1, -0.05) is 39.0 Å². The molecule has 0 fully saturated rings. The van der Waals surface area contributed by atoms with Crippen LogP contribution in [-0.4, -0.2) is 34.0 Å². The van der Waals surface area contributed by atoms with Crippen molar-refractivity contribution in [3.05, 3.63) is 0 Å². The third kappa shape index (κ3) is 9.77. The average Bonchev–Trinajstić information content (AvgIpc) is 2.35. The Labute approximate surface area is 108 Å². The highest BCUT2D eigenvalue weighted by atomic mass is 28.4.